The van der Waals surface area contributed by atoms with E-state index in [1.165, 1.54) is 96.6 Å². The first-order valence-corrected chi connectivity index (χ1v) is 22.0. The average Bonchev–Trinajstić information content (AvgIpc) is 3.87. The smallest absolute Gasteiger partial charge is 0.191 e. The molecule has 0 spiro atoms. The zero-order chi connectivity index (χ0) is 40.8. The van der Waals surface area contributed by atoms with Crippen molar-refractivity contribution in [3.05, 3.63) is 205 Å². The molecule has 8 aromatic rings. The van der Waals surface area contributed by atoms with Gasteiger partial charge in [0.15, 0.2) is 12.4 Å². The first kappa shape index (κ1) is 37.9. The zero-order valence-corrected chi connectivity index (χ0v) is 35.4. The molecule has 3 atom stereocenters. The van der Waals surface area contributed by atoms with Crippen LogP contribution in [0.3, 0.4) is 0 Å². The predicted octanol–water partition coefficient (Wildman–Crippen LogP) is 13.8. The molecule has 0 amide bonds. The van der Waals surface area contributed by atoms with Crippen LogP contribution in [0.4, 0.5) is 0 Å². The van der Waals surface area contributed by atoms with Crippen molar-refractivity contribution in [1.82, 2.24) is 0 Å². The normalized spacial score (nSPS) is 18.6. The molecule has 2 aliphatic rings. The maximum atomic E-state index is 2.69. The highest BCUT2D eigenvalue weighted by atomic mass is 15.2. The number of nitrogens with zero attached hydrogens (tertiary/aromatic N) is 2. The standard InChI is InChI=1S/C58H54N2/c1-5-7-19-42-31-33-60-55(34-42)51-26-14-15-27-52(51)56-57(4,6-2)58(56,60)40-59-32-17-16-28-54(59)53-39-47(30-29-41(53)3)45-24-18-25-46(35-45)50-37-48(43-20-10-8-11-21-43)36-49(38-50)44-22-12-9-13-23-44/h8-18,20-39,56H,5-7,19,40H2,1-4H3/q+2. The van der Waals surface area contributed by atoms with Gasteiger partial charge in [0.2, 0.25) is 23.5 Å². The van der Waals surface area contributed by atoms with Gasteiger partial charge in [-0.2, -0.15) is 9.13 Å². The second-order valence-corrected chi connectivity index (χ2v) is 17.5. The summed E-state index contributed by atoms with van der Waals surface area (Å²) in [5, 5.41) is 0. The van der Waals surface area contributed by atoms with Crippen LogP contribution in [0, 0.1) is 12.3 Å². The first-order valence-electron chi connectivity index (χ1n) is 22.0. The Morgan fingerprint density at radius 2 is 1.10 bits per heavy atom. The summed E-state index contributed by atoms with van der Waals surface area (Å²) in [5.41, 5.74) is 19.3. The van der Waals surface area contributed by atoms with Crippen LogP contribution in [0.15, 0.2) is 188 Å². The summed E-state index contributed by atoms with van der Waals surface area (Å²) in [5.74, 6) is 0.434. The van der Waals surface area contributed by atoms with Crippen LogP contribution in [-0.2, 0) is 18.5 Å². The Kier molecular flexibility index (Phi) is 9.68. The number of unbranched alkanes of at least 4 members (excludes halogenated alkanes) is 1. The highest BCUT2D eigenvalue weighted by Gasteiger charge is 2.85. The minimum absolute atomic E-state index is 0.0811. The van der Waals surface area contributed by atoms with Gasteiger partial charge in [0, 0.05) is 35.4 Å². The molecule has 1 aliphatic heterocycles. The lowest BCUT2D eigenvalue weighted by Gasteiger charge is -2.22. The highest BCUT2D eigenvalue weighted by Crippen LogP contribution is 2.74. The molecule has 0 N–H and O–H groups in total. The Labute approximate surface area is 356 Å². The minimum Gasteiger partial charge on any atom is -0.191 e. The molecule has 2 nitrogen and oxygen atoms in total. The Hall–Kier alpha value is -6.38. The SMILES string of the molecule is CCCCc1cc[n+]2c(c1)-c1ccccc1C1C(C)(CC)C12C[n+]1ccccc1-c1cc(-c2cccc(-c3cc(-c4ccccc4)cc(-c4ccccc4)c3)c2)ccc1C. The number of fused-ring (bicyclic) bond motifs is 6. The molecule has 2 heteroatoms. The fourth-order valence-electron chi connectivity index (χ4n) is 10.7. The van der Waals surface area contributed by atoms with Crippen molar-refractivity contribution in [2.45, 2.75) is 71.4 Å². The molecular weight excluding hydrogens is 725 g/mol. The fraction of sp³-hybridized carbons (Fsp3) is 0.207. The van der Waals surface area contributed by atoms with Gasteiger partial charge < -0.3 is 0 Å². The predicted molar refractivity (Wildman–Crippen MR) is 248 cm³/mol. The van der Waals surface area contributed by atoms with Gasteiger partial charge >= 0.3 is 0 Å². The Morgan fingerprint density at radius 1 is 0.500 bits per heavy atom. The fourth-order valence-corrected chi connectivity index (χ4v) is 10.7. The molecule has 294 valence electrons. The molecule has 3 heterocycles. The lowest BCUT2D eigenvalue weighted by atomic mass is 9.91. The summed E-state index contributed by atoms with van der Waals surface area (Å²) in [6.45, 7) is 10.4. The van der Waals surface area contributed by atoms with Gasteiger partial charge in [-0.1, -0.05) is 136 Å². The molecule has 0 radical (unpaired) electrons. The van der Waals surface area contributed by atoms with Crippen LogP contribution in [0.2, 0.25) is 0 Å². The molecule has 1 saturated carbocycles. The molecule has 60 heavy (non-hydrogen) atoms. The van der Waals surface area contributed by atoms with E-state index in [4.69, 9.17) is 0 Å². The number of aromatic nitrogens is 2. The average molecular weight is 779 g/mol. The van der Waals surface area contributed by atoms with Crippen molar-refractivity contribution in [1.29, 1.82) is 0 Å². The van der Waals surface area contributed by atoms with Crippen LogP contribution in [-0.4, -0.2) is 0 Å². The number of hydrogen-bond donors (Lipinski definition) is 0. The highest BCUT2D eigenvalue weighted by molar-refractivity contribution is 5.83. The summed E-state index contributed by atoms with van der Waals surface area (Å²) in [7, 11) is 0. The number of rotatable bonds is 11. The Bertz CT molecular complexity index is 2800. The molecule has 3 unspecified atom stereocenters. The van der Waals surface area contributed by atoms with Crippen LogP contribution >= 0.6 is 0 Å². The first-order chi connectivity index (χ1) is 29.4. The Balaban J connectivity index is 1.04. The summed E-state index contributed by atoms with van der Waals surface area (Å²) in [6, 6.07) is 65.5. The van der Waals surface area contributed by atoms with Gasteiger partial charge in [0.25, 0.3) is 0 Å². The van der Waals surface area contributed by atoms with Crippen LogP contribution in [0.1, 0.15) is 62.6 Å². The van der Waals surface area contributed by atoms with E-state index in [0.29, 0.717) is 5.92 Å². The van der Waals surface area contributed by atoms with Gasteiger partial charge in [-0.25, -0.2) is 0 Å². The maximum absolute atomic E-state index is 2.69. The monoisotopic (exact) mass is 778 g/mol. The van der Waals surface area contributed by atoms with E-state index in [9.17, 15) is 0 Å². The molecule has 1 aliphatic carbocycles. The molecule has 6 aromatic carbocycles. The van der Waals surface area contributed by atoms with E-state index in [1.807, 2.05) is 0 Å². The molecular formula is C58H54N2+2. The Morgan fingerprint density at radius 3 is 1.80 bits per heavy atom. The number of hydrogen-bond acceptors (Lipinski definition) is 0. The molecule has 0 saturated heterocycles. The van der Waals surface area contributed by atoms with Gasteiger partial charge in [0.05, 0.1) is 11.3 Å². The van der Waals surface area contributed by atoms with Crippen molar-refractivity contribution < 1.29 is 9.13 Å². The molecule has 1 fully saturated rings. The van der Waals surface area contributed by atoms with E-state index < -0.39 is 0 Å². The van der Waals surface area contributed by atoms with Gasteiger partial charge in [-0.05, 0) is 130 Å². The lowest BCUT2D eigenvalue weighted by Crippen LogP contribution is -2.60. The van der Waals surface area contributed by atoms with Crippen molar-refractivity contribution in [2.75, 3.05) is 0 Å². The van der Waals surface area contributed by atoms with E-state index in [1.54, 1.807) is 0 Å². The third kappa shape index (κ3) is 6.32. The van der Waals surface area contributed by atoms with Crippen LogP contribution in [0.25, 0.3) is 67.0 Å². The third-order valence-corrected chi connectivity index (χ3v) is 14.1. The number of aryl methyl sites for hydroxylation is 2. The van der Waals surface area contributed by atoms with Gasteiger partial charge in [-0.3, -0.25) is 0 Å². The molecule has 0 bridgehead atoms. The molecule has 10 rings (SSSR count). The lowest BCUT2D eigenvalue weighted by molar-refractivity contribution is -0.808. The van der Waals surface area contributed by atoms with Gasteiger partial charge in [-0.15, -0.1) is 0 Å². The van der Waals surface area contributed by atoms with Crippen molar-refractivity contribution in [2.24, 2.45) is 5.41 Å². The third-order valence-electron chi connectivity index (χ3n) is 14.1. The second kappa shape index (κ2) is 15.3. The van der Waals surface area contributed by atoms with Crippen molar-refractivity contribution in [3.8, 4) is 67.0 Å². The zero-order valence-electron chi connectivity index (χ0n) is 35.4. The number of pyridine rings is 2. The maximum Gasteiger partial charge on any atom is 0.239 e. The summed E-state index contributed by atoms with van der Waals surface area (Å²) in [4.78, 5) is 0. The quantitative estimate of drug-likeness (QED) is 0.116. The second-order valence-electron chi connectivity index (χ2n) is 17.5. The topological polar surface area (TPSA) is 7.76 Å². The van der Waals surface area contributed by atoms with E-state index in [2.05, 4.69) is 225 Å². The summed E-state index contributed by atoms with van der Waals surface area (Å²) >= 11 is 0. The minimum atomic E-state index is -0.0811. The summed E-state index contributed by atoms with van der Waals surface area (Å²) < 4.78 is 5.25. The largest absolute Gasteiger partial charge is 0.239 e. The number of benzene rings is 6. The van der Waals surface area contributed by atoms with E-state index in [-0.39, 0.29) is 11.0 Å². The van der Waals surface area contributed by atoms with Crippen LogP contribution < -0.4 is 9.13 Å². The van der Waals surface area contributed by atoms with Crippen molar-refractivity contribution in [3.63, 3.8) is 0 Å². The van der Waals surface area contributed by atoms with E-state index >= 15 is 0 Å². The van der Waals surface area contributed by atoms with Crippen molar-refractivity contribution >= 4 is 0 Å². The van der Waals surface area contributed by atoms with Gasteiger partial charge in [0.1, 0.15) is 0 Å². The summed E-state index contributed by atoms with van der Waals surface area (Å²) in [6.07, 6.45) is 9.42. The van der Waals surface area contributed by atoms with Crippen LogP contribution in [0.5, 0.6) is 0 Å². The van der Waals surface area contributed by atoms with E-state index in [0.717, 1.165) is 19.4 Å². The molecule has 2 aromatic heterocycles.